The molecule has 8 nitrogen and oxygen atoms in total. The number of hydrogen-bond acceptors (Lipinski definition) is 7. The first-order valence-corrected chi connectivity index (χ1v) is 7.41. The van der Waals surface area contributed by atoms with Gasteiger partial charge < -0.3 is 31.5 Å². The molecule has 1 aromatic heterocycles. The Morgan fingerprint density at radius 2 is 2.05 bits per heavy atom. The molecule has 0 saturated carbocycles. The number of aliphatic hydroxyl groups is 2. The molecule has 3 heterocycles. The Balaban J connectivity index is 1.90. The van der Waals surface area contributed by atoms with Crippen LogP contribution in [0.25, 0.3) is 0 Å². The maximum Gasteiger partial charge on any atom is 0.242 e. The van der Waals surface area contributed by atoms with Gasteiger partial charge in [-0.15, -0.1) is 0 Å². The molecule has 3 unspecified atom stereocenters. The van der Waals surface area contributed by atoms with E-state index in [9.17, 15) is 15.0 Å². The zero-order valence-electron chi connectivity index (χ0n) is 12.2. The molecule has 0 spiro atoms. The number of β-amino-alcohol motifs (C(OH)–C–C–N with tert-alkyl or cyclic N) is 1. The molecule has 2 aliphatic heterocycles. The van der Waals surface area contributed by atoms with Crippen molar-refractivity contribution in [3.05, 3.63) is 12.1 Å². The average molecular weight is 307 g/mol. The van der Waals surface area contributed by atoms with Crippen molar-refractivity contribution in [2.75, 3.05) is 35.2 Å². The maximum atomic E-state index is 11.6. The summed E-state index contributed by atoms with van der Waals surface area (Å²) in [5.41, 5.74) is 11.9. The lowest BCUT2D eigenvalue weighted by Crippen LogP contribution is -2.46. The fraction of sp³-hybridized carbons (Fsp3) is 0.571. The first-order chi connectivity index (χ1) is 10.5. The fourth-order valence-corrected chi connectivity index (χ4v) is 3.17. The summed E-state index contributed by atoms with van der Waals surface area (Å²) in [4.78, 5) is 19.7. The minimum Gasteiger partial charge on any atom is -0.396 e. The summed E-state index contributed by atoms with van der Waals surface area (Å²) in [6, 6.07) is 2.68. The van der Waals surface area contributed by atoms with Crippen LogP contribution in [-0.4, -0.2) is 59.0 Å². The quantitative estimate of drug-likeness (QED) is 0.544. The molecular formula is C14H21N5O3. The number of aliphatic hydroxyl groups excluding tert-OH is 2. The van der Waals surface area contributed by atoms with Crippen LogP contribution in [0.4, 0.5) is 17.3 Å². The van der Waals surface area contributed by atoms with E-state index in [2.05, 4.69) is 4.98 Å². The predicted molar refractivity (Wildman–Crippen MR) is 82.4 cm³/mol. The van der Waals surface area contributed by atoms with Gasteiger partial charge in [0.05, 0.1) is 17.9 Å². The highest BCUT2D eigenvalue weighted by molar-refractivity contribution is 5.85. The van der Waals surface area contributed by atoms with Crippen LogP contribution in [0.5, 0.6) is 0 Å². The van der Waals surface area contributed by atoms with E-state index in [4.69, 9.17) is 11.5 Å². The summed E-state index contributed by atoms with van der Waals surface area (Å²) in [6.45, 7) is 1.68. The second-order valence-corrected chi connectivity index (χ2v) is 5.87. The summed E-state index contributed by atoms with van der Waals surface area (Å²) in [7, 11) is 0. The van der Waals surface area contributed by atoms with Gasteiger partial charge in [-0.1, -0.05) is 0 Å². The number of amides is 1. The number of anilines is 3. The third-order valence-corrected chi connectivity index (χ3v) is 4.31. The molecule has 0 aromatic carbocycles. The molecule has 0 bridgehead atoms. The monoisotopic (exact) mass is 307 g/mol. The Bertz CT molecular complexity index is 582. The summed E-state index contributed by atoms with van der Waals surface area (Å²) < 4.78 is 0. The Labute approximate surface area is 128 Å². The topological polar surface area (TPSA) is 129 Å². The van der Waals surface area contributed by atoms with Crippen LogP contribution in [-0.2, 0) is 4.79 Å². The van der Waals surface area contributed by atoms with Gasteiger partial charge in [0.15, 0.2) is 5.82 Å². The van der Waals surface area contributed by atoms with Crippen molar-refractivity contribution < 1.29 is 15.0 Å². The summed E-state index contributed by atoms with van der Waals surface area (Å²) in [5, 5.41) is 19.6. The molecule has 8 heteroatoms. The van der Waals surface area contributed by atoms with Gasteiger partial charge in [0.2, 0.25) is 5.91 Å². The first-order valence-electron chi connectivity index (χ1n) is 7.41. The van der Waals surface area contributed by atoms with Crippen LogP contribution in [0.1, 0.15) is 12.8 Å². The third kappa shape index (κ3) is 2.55. The molecule has 22 heavy (non-hydrogen) atoms. The molecule has 3 rings (SSSR count). The highest BCUT2D eigenvalue weighted by Crippen LogP contribution is 2.30. The maximum absolute atomic E-state index is 11.6. The molecule has 120 valence electrons. The van der Waals surface area contributed by atoms with Crippen molar-refractivity contribution in [2.24, 2.45) is 5.73 Å². The van der Waals surface area contributed by atoms with Gasteiger partial charge in [-0.3, -0.25) is 4.79 Å². The van der Waals surface area contributed by atoms with E-state index in [1.165, 1.54) is 0 Å². The van der Waals surface area contributed by atoms with E-state index in [0.717, 1.165) is 0 Å². The molecular weight excluding hydrogens is 286 g/mol. The number of carbonyl (C=O) groups is 1. The van der Waals surface area contributed by atoms with Crippen molar-refractivity contribution in [3.63, 3.8) is 0 Å². The minimum atomic E-state index is -0.783. The summed E-state index contributed by atoms with van der Waals surface area (Å²) in [6.07, 6.45) is -0.0134. The Morgan fingerprint density at radius 1 is 1.27 bits per heavy atom. The zero-order valence-corrected chi connectivity index (χ0v) is 12.2. The van der Waals surface area contributed by atoms with Crippen molar-refractivity contribution in [1.29, 1.82) is 0 Å². The van der Waals surface area contributed by atoms with Crippen molar-refractivity contribution in [3.8, 4) is 0 Å². The van der Waals surface area contributed by atoms with Crippen LogP contribution in [0.3, 0.4) is 0 Å². The number of nitrogens with two attached hydrogens (primary N) is 2. The number of nitrogens with zero attached hydrogens (tertiary/aromatic N) is 3. The van der Waals surface area contributed by atoms with Gasteiger partial charge in [-0.05, 0) is 25.0 Å². The van der Waals surface area contributed by atoms with E-state index < -0.39 is 18.1 Å². The van der Waals surface area contributed by atoms with E-state index in [0.29, 0.717) is 49.8 Å². The normalized spacial score (nSPS) is 28.4. The molecule has 0 aliphatic carbocycles. The van der Waals surface area contributed by atoms with E-state index >= 15 is 0 Å². The highest BCUT2D eigenvalue weighted by Gasteiger charge is 2.38. The van der Waals surface area contributed by atoms with Crippen LogP contribution >= 0.6 is 0 Å². The molecule has 2 fully saturated rings. The molecule has 1 amide bonds. The predicted octanol–water partition coefficient (Wildman–Crippen LogP) is -1.34. The van der Waals surface area contributed by atoms with Crippen LogP contribution in [0.15, 0.2) is 12.1 Å². The first kappa shape index (κ1) is 14.9. The Morgan fingerprint density at radius 3 is 2.68 bits per heavy atom. The van der Waals surface area contributed by atoms with Gasteiger partial charge in [0, 0.05) is 19.6 Å². The lowest BCUT2D eigenvalue weighted by molar-refractivity contribution is -0.120. The fourth-order valence-electron chi connectivity index (χ4n) is 3.17. The zero-order chi connectivity index (χ0) is 15.9. The van der Waals surface area contributed by atoms with E-state index in [-0.39, 0.29) is 6.10 Å². The number of hydrogen-bond donors (Lipinski definition) is 4. The molecule has 2 saturated heterocycles. The summed E-state index contributed by atoms with van der Waals surface area (Å²) in [5.74, 6) is 0.589. The molecule has 1 aromatic rings. The van der Waals surface area contributed by atoms with Gasteiger partial charge in [-0.25, -0.2) is 4.98 Å². The lowest BCUT2D eigenvalue weighted by Gasteiger charge is -2.27. The Kier molecular flexibility index (Phi) is 3.79. The average Bonchev–Trinajstić information content (AvgIpc) is 3.05. The number of nitrogen functional groups attached to an aromatic ring is 1. The smallest absolute Gasteiger partial charge is 0.242 e. The van der Waals surface area contributed by atoms with Gasteiger partial charge in [-0.2, -0.15) is 0 Å². The van der Waals surface area contributed by atoms with Crippen LogP contribution < -0.4 is 21.3 Å². The molecule has 0 radical (unpaired) electrons. The molecule has 3 atom stereocenters. The number of primary amides is 1. The molecule has 6 N–H and O–H groups in total. The van der Waals surface area contributed by atoms with Gasteiger partial charge in [0.25, 0.3) is 0 Å². The van der Waals surface area contributed by atoms with E-state index in [1.54, 1.807) is 17.0 Å². The van der Waals surface area contributed by atoms with Crippen molar-refractivity contribution >= 4 is 23.2 Å². The van der Waals surface area contributed by atoms with Gasteiger partial charge in [0.1, 0.15) is 11.9 Å². The molecule has 2 aliphatic rings. The number of pyridine rings is 1. The van der Waals surface area contributed by atoms with Crippen LogP contribution in [0.2, 0.25) is 0 Å². The minimum absolute atomic E-state index is 0.378. The second-order valence-electron chi connectivity index (χ2n) is 5.87. The van der Waals surface area contributed by atoms with Gasteiger partial charge >= 0.3 is 0 Å². The largest absolute Gasteiger partial charge is 0.396 e. The standard InChI is InChI=1S/C14H21N5O3/c15-9-1-2-11(17-14(9)18-5-3-8(20)7-18)19-6-4-10(21)12(19)13(16)22/h1-2,8,10,12,20-21H,3-7,15H2,(H2,16,22). The summed E-state index contributed by atoms with van der Waals surface area (Å²) >= 11 is 0. The number of rotatable bonds is 3. The van der Waals surface area contributed by atoms with E-state index in [1.807, 2.05) is 4.90 Å². The third-order valence-electron chi connectivity index (χ3n) is 4.31. The highest BCUT2D eigenvalue weighted by atomic mass is 16.3. The van der Waals surface area contributed by atoms with Crippen molar-refractivity contribution in [2.45, 2.75) is 31.1 Å². The van der Waals surface area contributed by atoms with Crippen LogP contribution in [0, 0.1) is 0 Å². The lowest BCUT2D eigenvalue weighted by atomic mass is 10.1. The SMILES string of the molecule is NC(=O)C1C(O)CCN1c1ccc(N)c(N2CCC(O)C2)n1. The van der Waals surface area contributed by atoms with Crippen molar-refractivity contribution in [1.82, 2.24) is 4.98 Å². The Hall–Kier alpha value is -2.06. The number of carbonyl (C=O) groups excluding carboxylic acids is 1. The number of aromatic nitrogens is 1. The second kappa shape index (κ2) is 5.62.